The lowest BCUT2D eigenvalue weighted by molar-refractivity contribution is -0.385. The van der Waals surface area contributed by atoms with Crippen molar-refractivity contribution in [1.29, 1.82) is 0 Å². The van der Waals surface area contributed by atoms with Crippen LogP contribution in [0.15, 0.2) is 53.5 Å². The number of nitrogens with zero attached hydrogens (tertiary/aromatic N) is 2. The summed E-state index contributed by atoms with van der Waals surface area (Å²) < 4.78 is 11.6. The number of para-hydroxylation sites is 3. The molecule has 1 aliphatic heterocycles. The molecular weight excluding hydrogens is 463 g/mol. The largest absolute Gasteiger partial charge is 0.486 e. The molecule has 144 valence electrons. The fourth-order valence-electron chi connectivity index (χ4n) is 2.61. The highest BCUT2D eigenvalue weighted by Gasteiger charge is 2.20. The van der Waals surface area contributed by atoms with Crippen molar-refractivity contribution >= 4 is 35.6 Å². The highest BCUT2D eigenvalue weighted by atomic mass is 127. The van der Waals surface area contributed by atoms with Crippen LogP contribution < -0.4 is 20.1 Å². The summed E-state index contributed by atoms with van der Waals surface area (Å²) in [6.45, 7) is 1.22. The molecule has 2 aromatic carbocycles. The molecule has 0 saturated heterocycles. The number of halogens is 1. The molecule has 8 nitrogen and oxygen atoms in total. The molecule has 2 N–H and O–H groups in total. The lowest BCUT2D eigenvalue weighted by atomic mass is 10.2. The number of guanidine groups is 1. The molecule has 0 aliphatic carbocycles. The van der Waals surface area contributed by atoms with Gasteiger partial charge in [0.25, 0.3) is 5.69 Å². The second-order valence-electron chi connectivity index (χ2n) is 5.69. The molecule has 27 heavy (non-hydrogen) atoms. The SMILES string of the molecule is CN=C(NCc1ccccc1[N+](=O)[O-])NCC1COc2ccccc2O1.I. The topological polar surface area (TPSA) is 98.0 Å². The number of aliphatic imine (C=N–C) groups is 1. The fourth-order valence-corrected chi connectivity index (χ4v) is 2.61. The van der Waals surface area contributed by atoms with Gasteiger partial charge in [0.2, 0.25) is 0 Å². The Morgan fingerprint density at radius 3 is 2.63 bits per heavy atom. The van der Waals surface area contributed by atoms with Crippen molar-refractivity contribution in [3.8, 4) is 11.5 Å². The summed E-state index contributed by atoms with van der Waals surface area (Å²) in [5, 5.41) is 17.3. The molecular formula is C18H21IN4O4. The third kappa shape index (κ3) is 5.46. The minimum Gasteiger partial charge on any atom is -0.486 e. The Labute approximate surface area is 174 Å². The van der Waals surface area contributed by atoms with Crippen molar-refractivity contribution in [3.05, 3.63) is 64.2 Å². The maximum Gasteiger partial charge on any atom is 0.274 e. The molecule has 0 radical (unpaired) electrons. The van der Waals surface area contributed by atoms with Gasteiger partial charge in [-0.1, -0.05) is 30.3 Å². The van der Waals surface area contributed by atoms with Crippen molar-refractivity contribution < 1.29 is 14.4 Å². The van der Waals surface area contributed by atoms with Gasteiger partial charge < -0.3 is 20.1 Å². The van der Waals surface area contributed by atoms with E-state index in [-0.39, 0.29) is 35.8 Å². The van der Waals surface area contributed by atoms with Crippen LogP contribution in [0.25, 0.3) is 0 Å². The molecule has 0 aromatic heterocycles. The summed E-state index contributed by atoms with van der Waals surface area (Å²) >= 11 is 0. The summed E-state index contributed by atoms with van der Waals surface area (Å²) in [6.07, 6.45) is -0.158. The summed E-state index contributed by atoms with van der Waals surface area (Å²) in [6, 6.07) is 14.1. The molecule has 9 heteroatoms. The van der Waals surface area contributed by atoms with Crippen molar-refractivity contribution in [2.24, 2.45) is 4.99 Å². The van der Waals surface area contributed by atoms with Crippen molar-refractivity contribution in [2.45, 2.75) is 12.6 Å². The summed E-state index contributed by atoms with van der Waals surface area (Å²) in [5.41, 5.74) is 0.669. The minimum absolute atomic E-state index is 0. The number of hydrogen-bond acceptors (Lipinski definition) is 5. The van der Waals surface area contributed by atoms with Crippen LogP contribution in [0.1, 0.15) is 5.56 Å². The maximum absolute atomic E-state index is 11.1. The molecule has 1 heterocycles. The smallest absolute Gasteiger partial charge is 0.274 e. The van der Waals surface area contributed by atoms with Crippen LogP contribution in [-0.4, -0.2) is 37.2 Å². The zero-order valence-electron chi connectivity index (χ0n) is 14.8. The van der Waals surface area contributed by atoms with Gasteiger partial charge >= 0.3 is 0 Å². The molecule has 0 spiro atoms. The van der Waals surface area contributed by atoms with E-state index in [1.165, 1.54) is 6.07 Å². The lowest BCUT2D eigenvalue weighted by Gasteiger charge is -2.27. The first-order valence-electron chi connectivity index (χ1n) is 8.22. The number of nitro benzene ring substituents is 1. The van der Waals surface area contributed by atoms with Crippen LogP contribution in [0, 0.1) is 10.1 Å². The summed E-state index contributed by atoms with van der Waals surface area (Å²) in [5.74, 6) is 1.99. The van der Waals surface area contributed by atoms with Crippen LogP contribution in [-0.2, 0) is 6.54 Å². The zero-order valence-corrected chi connectivity index (χ0v) is 17.1. The zero-order chi connectivity index (χ0) is 18.4. The first-order valence-corrected chi connectivity index (χ1v) is 8.22. The Bertz CT molecular complexity index is 815. The molecule has 0 saturated carbocycles. The van der Waals surface area contributed by atoms with E-state index in [1.54, 1.807) is 25.2 Å². The fraction of sp³-hybridized carbons (Fsp3) is 0.278. The Hall–Kier alpha value is -2.56. The molecule has 0 bridgehead atoms. The van der Waals surface area contributed by atoms with Gasteiger partial charge in [0.05, 0.1) is 11.5 Å². The van der Waals surface area contributed by atoms with E-state index < -0.39 is 4.92 Å². The number of rotatable bonds is 5. The number of nitro groups is 1. The molecule has 2 aromatic rings. The second kappa shape index (κ2) is 9.95. The highest BCUT2D eigenvalue weighted by Crippen LogP contribution is 2.30. The standard InChI is InChI=1S/C18H20N4O4.HI/c1-19-18(20-10-13-6-2-3-7-15(13)22(23)24)21-11-14-12-25-16-8-4-5-9-17(16)26-14;/h2-9,14H,10-12H2,1H3,(H2,19,20,21);1H. The van der Waals surface area contributed by atoms with Gasteiger partial charge in [-0.25, -0.2) is 0 Å². The number of hydrogen-bond donors (Lipinski definition) is 2. The Balaban J connectivity index is 0.00000261. The first kappa shape index (κ1) is 20.7. The predicted molar refractivity (Wildman–Crippen MR) is 113 cm³/mol. The number of fused-ring (bicyclic) bond motifs is 1. The monoisotopic (exact) mass is 484 g/mol. The van der Waals surface area contributed by atoms with E-state index in [0.717, 1.165) is 5.75 Å². The summed E-state index contributed by atoms with van der Waals surface area (Å²) in [7, 11) is 1.64. The Morgan fingerprint density at radius 2 is 1.89 bits per heavy atom. The molecule has 1 unspecified atom stereocenters. The third-order valence-electron chi connectivity index (χ3n) is 3.92. The van der Waals surface area contributed by atoms with Gasteiger partial charge in [-0.2, -0.15) is 0 Å². The predicted octanol–water partition coefficient (Wildman–Crippen LogP) is 2.72. The molecule has 0 fully saturated rings. The maximum atomic E-state index is 11.1. The normalized spacial score (nSPS) is 15.4. The van der Waals surface area contributed by atoms with E-state index in [1.807, 2.05) is 24.3 Å². The van der Waals surface area contributed by atoms with Crippen LogP contribution in [0.4, 0.5) is 5.69 Å². The van der Waals surface area contributed by atoms with E-state index in [4.69, 9.17) is 9.47 Å². The first-order chi connectivity index (χ1) is 12.7. The van der Waals surface area contributed by atoms with Gasteiger partial charge in [-0.05, 0) is 12.1 Å². The molecule has 1 atom stereocenters. The van der Waals surface area contributed by atoms with Crippen LogP contribution in [0.5, 0.6) is 11.5 Å². The Kier molecular flexibility index (Phi) is 7.65. The second-order valence-corrected chi connectivity index (χ2v) is 5.69. The van der Waals surface area contributed by atoms with Gasteiger partial charge in [-0.15, -0.1) is 24.0 Å². The molecule has 0 amide bonds. The minimum atomic E-state index is -0.391. The van der Waals surface area contributed by atoms with E-state index >= 15 is 0 Å². The lowest BCUT2D eigenvalue weighted by Crippen LogP contribution is -2.45. The average molecular weight is 484 g/mol. The van der Waals surface area contributed by atoms with E-state index in [9.17, 15) is 10.1 Å². The quantitative estimate of drug-likeness (QED) is 0.223. The van der Waals surface area contributed by atoms with Crippen molar-refractivity contribution in [2.75, 3.05) is 20.2 Å². The molecule has 3 rings (SSSR count). The number of nitrogens with one attached hydrogen (secondary N) is 2. The van der Waals surface area contributed by atoms with Crippen molar-refractivity contribution in [1.82, 2.24) is 10.6 Å². The van der Waals surface area contributed by atoms with Crippen molar-refractivity contribution in [3.63, 3.8) is 0 Å². The third-order valence-corrected chi connectivity index (χ3v) is 3.92. The van der Waals surface area contributed by atoms with E-state index in [0.29, 0.717) is 37.0 Å². The summed E-state index contributed by atoms with van der Waals surface area (Å²) in [4.78, 5) is 14.8. The van der Waals surface area contributed by atoms with Gasteiger partial charge in [0, 0.05) is 25.2 Å². The van der Waals surface area contributed by atoms with Crippen LogP contribution in [0.3, 0.4) is 0 Å². The Morgan fingerprint density at radius 1 is 1.19 bits per heavy atom. The van der Waals surface area contributed by atoms with Gasteiger partial charge in [-0.3, -0.25) is 15.1 Å². The number of benzene rings is 2. The van der Waals surface area contributed by atoms with Crippen LogP contribution >= 0.6 is 24.0 Å². The van der Waals surface area contributed by atoms with Crippen LogP contribution in [0.2, 0.25) is 0 Å². The van der Waals surface area contributed by atoms with E-state index in [2.05, 4.69) is 15.6 Å². The highest BCUT2D eigenvalue weighted by molar-refractivity contribution is 14.0. The average Bonchev–Trinajstić information content (AvgIpc) is 2.68. The molecule has 1 aliphatic rings. The van der Waals surface area contributed by atoms with Gasteiger partial charge in [0.1, 0.15) is 12.7 Å². The number of ether oxygens (including phenoxy) is 2. The van der Waals surface area contributed by atoms with Gasteiger partial charge in [0.15, 0.2) is 17.5 Å².